The standard InChI is InChI=1S/C19H18FN5O3S/c1-12-8-15-9-13(6-7-17(15)25(12)29(2,27)28)18(26)11-24-22-19(21-23-24)14-4-3-5-16(20)10-14/h3-7,9-10,12H,8,11H2,1-2H3/t12-/m1/s1. The molecule has 1 aliphatic rings. The molecule has 150 valence electrons. The first kappa shape index (κ1) is 19.2. The zero-order valence-electron chi connectivity index (χ0n) is 15.8. The fourth-order valence-electron chi connectivity index (χ4n) is 3.55. The van der Waals surface area contributed by atoms with Crippen molar-refractivity contribution >= 4 is 21.5 Å². The van der Waals surface area contributed by atoms with Gasteiger partial charge in [0.1, 0.15) is 12.4 Å². The Morgan fingerprint density at radius 2 is 2.03 bits per heavy atom. The van der Waals surface area contributed by atoms with Crippen molar-refractivity contribution in [2.24, 2.45) is 0 Å². The lowest BCUT2D eigenvalue weighted by molar-refractivity contribution is 0.0961. The van der Waals surface area contributed by atoms with E-state index in [2.05, 4.69) is 15.4 Å². The van der Waals surface area contributed by atoms with Crippen LogP contribution in [0.15, 0.2) is 42.5 Å². The van der Waals surface area contributed by atoms with Crippen LogP contribution in [0.25, 0.3) is 11.4 Å². The van der Waals surface area contributed by atoms with E-state index in [-0.39, 0.29) is 24.2 Å². The number of aromatic nitrogens is 4. The Morgan fingerprint density at radius 3 is 2.76 bits per heavy atom. The highest BCUT2D eigenvalue weighted by molar-refractivity contribution is 7.92. The fraction of sp³-hybridized carbons (Fsp3) is 0.263. The van der Waals surface area contributed by atoms with Gasteiger partial charge in [0.25, 0.3) is 0 Å². The molecule has 0 saturated heterocycles. The average molecular weight is 415 g/mol. The van der Waals surface area contributed by atoms with E-state index in [1.54, 1.807) is 30.3 Å². The SMILES string of the molecule is C[C@@H]1Cc2cc(C(=O)Cn3nnc(-c4cccc(F)c4)n3)ccc2N1S(C)(=O)=O. The van der Waals surface area contributed by atoms with Gasteiger partial charge in [-0.3, -0.25) is 9.10 Å². The van der Waals surface area contributed by atoms with E-state index in [1.165, 1.54) is 22.7 Å². The van der Waals surface area contributed by atoms with Gasteiger partial charge in [-0.1, -0.05) is 12.1 Å². The highest BCUT2D eigenvalue weighted by atomic mass is 32.2. The first-order chi connectivity index (χ1) is 13.7. The molecule has 0 amide bonds. The molecule has 0 radical (unpaired) electrons. The predicted octanol–water partition coefficient (Wildman–Crippen LogP) is 2.07. The number of ketones is 1. The van der Waals surface area contributed by atoms with Crippen molar-refractivity contribution in [2.75, 3.05) is 10.6 Å². The number of benzene rings is 2. The molecule has 0 unspecified atom stereocenters. The monoisotopic (exact) mass is 415 g/mol. The summed E-state index contributed by atoms with van der Waals surface area (Å²) >= 11 is 0. The van der Waals surface area contributed by atoms with Crippen molar-refractivity contribution in [3.05, 3.63) is 59.4 Å². The molecule has 29 heavy (non-hydrogen) atoms. The van der Waals surface area contributed by atoms with Gasteiger partial charge in [0.15, 0.2) is 5.78 Å². The van der Waals surface area contributed by atoms with Gasteiger partial charge in [-0.05, 0) is 54.5 Å². The van der Waals surface area contributed by atoms with E-state index in [1.807, 2.05) is 6.92 Å². The normalized spacial score (nSPS) is 16.1. The minimum absolute atomic E-state index is 0.132. The minimum atomic E-state index is -3.38. The molecule has 1 aromatic heterocycles. The Balaban J connectivity index is 1.54. The van der Waals surface area contributed by atoms with E-state index in [9.17, 15) is 17.6 Å². The number of carbonyl (C=O) groups is 1. The first-order valence-electron chi connectivity index (χ1n) is 8.91. The van der Waals surface area contributed by atoms with Crippen molar-refractivity contribution in [3.63, 3.8) is 0 Å². The number of carbonyl (C=O) groups excluding carboxylic acids is 1. The molecule has 0 aliphatic carbocycles. The maximum absolute atomic E-state index is 13.4. The second-order valence-corrected chi connectivity index (χ2v) is 8.89. The topological polar surface area (TPSA) is 98.1 Å². The maximum atomic E-state index is 13.4. The van der Waals surface area contributed by atoms with Gasteiger partial charge in [-0.2, -0.15) is 4.80 Å². The summed E-state index contributed by atoms with van der Waals surface area (Å²) in [7, 11) is -3.38. The molecule has 2 heterocycles. The van der Waals surface area contributed by atoms with Gasteiger partial charge in [0.05, 0.1) is 11.9 Å². The molecule has 2 aromatic carbocycles. The van der Waals surface area contributed by atoms with Crippen LogP contribution in [0.3, 0.4) is 0 Å². The highest BCUT2D eigenvalue weighted by Crippen LogP contribution is 2.34. The summed E-state index contributed by atoms with van der Waals surface area (Å²) in [5.74, 6) is -0.421. The van der Waals surface area contributed by atoms with E-state index < -0.39 is 15.8 Å². The van der Waals surface area contributed by atoms with Crippen molar-refractivity contribution in [2.45, 2.75) is 25.9 Å². The zero-order chi connectivity index (χ0) is 20.8. The zero-order valence-corrected chi connectivity index (χ0v) is 16.6. The van der Waals surface area contributed by atoms with Crippen molar-refractivity contribution < 1.29 is 17.6 Å². The molecule has 10 heteroatoms. The second kappa shape index (κ2) is 7.03. The number of Topliss-reactive ketones (excluding diaryl/α,β-unsaturated/α-hetero) is 1. The third kappa shape index (κ3) is 3.75. The summed E-state index contributed by atoms with van der Waals surface area (Å²) in [4.78, 5) is 13.8. The van der Waals surface area contributed by atoms with Crippen LogP contribution < -0.4 is 4.31 Å². The Kier molecular flexibility index (Phi) is 4.65. The molecule has 0 N–H and O–H groups in total. The quantitative estimate of drug-likeness (QED) is 0.592. The molecule has 0 bridgehead atoms. The number of sulfonamides is 1. The fourth-order valence-corrected chi connectivity index (χ4v) is 4.82. The second-order valence-electron chi connectivity index (χ2n) is 7.03. The number of rotatable bonds is 5. The highest BCUT2D eigenvalue weighted by Gasteiger charge is 2.32. The number of fused-ring (bicyclic) bond motifs is 1. The number of nitrogens with zero attached hydrogens (tertiary/aromatic N) is 5. The minimum Gasteiger partial charge on any atom is -0.292 e. The Hall–Kier alpha value is -3.14. The van der Waals surface area contributed by atoms with Crippen molar-refractivity contribution in [3.8, 4) is 11.4 Å². The van der Waals surface area contributed by atoms with Crippen molar-refractivity contribution in [1.82, 2.24) is 20.2 Å². The van der Waals surface area contributed by atoms with Crippen LogP contribution in [0, 0.1) is 5.82 Å². The summed E-state index contributed by atoms with van der Waals surface area (Å²) < 4.78 is 38.8. The van der Waals surface area contributed by atoms with Crippen LogP contribution in [0.5, 0.6) is 0 Å². The lowest BCUT2D eigenvalue weighted by Gasteiger charge is -2.21. The number of halogens is 1. The molecule has 1 aliphatic heterocycles. The van der Waals surface area contributed by atoms with Gasteiger partial charge in [-0.15, -0.1) is 10.2 Å². The molecule has 3 aromatic rings. The smallest absolute Gasteiger partial charge is 0.232 e. The first-order valence-corrected chi connectivity index (χ1v) is 10.8. The Bertz CT molecular complexity index is 1210. The number of anilines is 1. The maximum Gasteiger partial charge on any atom is 0.232 e. The molecule has 0 fully saturated rings. The predicted molar refractivity (Wildman–Crippen MR) is 104 cm³/mol. The van der Waals surface area contributed by atoms with Gasteiger partial charge >= 0.3 is 0 Å². The van der Waals surface area contributed by atoms with E-state index in [4.69, 9.17) is 0 Å². The molecule has 0 saturated carbocycles. The number of hydrogen-bond acceptors (Lipinski definition) is 6. The molecule has 4 rings (SSSR count). The van der Waals surface area contributed by atoms with Gasteiger partial charge in [-0.25, -0.2) is 12.8 Å². The largest absolute Gasteiger partial charge is 0.292 e. The summed E-state index contributed by atoms with van der Waals surface area (Å²) in [6, 6.07) is 10.6. The summed E-state index contributed by atoms with van der Waals surface area (Å²) in [6.07, 6.45) is 1.71. The molecule has 1 atom stereocenters. The number of tetrazole rings is 1. The van der Waals surface area contributed by atoms with Crippen LogP contribution in [-0.2, 0) is 23.0 Å². The van der Waals surface area contributed by atoms with E-state index in [0.717, 1.165) is 10.4 Å². The van der Waals surface area contributed by atoms with Gasteiger partial charge in [0.2, 0.25) is 15.8 Å². The van der Waals surface area contributed by atoms with E-state index >= 15 is 0 Å². The average Bonchev–Trinajstić information content (AvgIpc) is 3.23. The van der Waals surface area contributed by atoms with Crippen molar-refractivity contribution in [1.29, 1.82) is 0 Å². The summed E-state index contributed by atoms with van der Waals surface area (Å²) in [5.41, 5.74) is 2.32. The summed E-state index contributed by atoms with van der Waals surface area (Å²) in [6.45, 7) is 1.70. The van der Waals surface area contributed by atoms with Gasteiger partial charge in [0, 0.05) is 17.2 Å². The Morgan fingerprint density at radius 1 is 1.24 bits per heavy atom. The lowest BCUT2D eigenvalue weighted by Crippen LogP contribution is -2.34. The molecular formula is C19H18FN5O3S. The third-order valence-electron chi connectivity index (χ3n) is 4.73. The van der Waals surface area contributed by atoms with E-state index in [0.29, 0.717) is 23.2 Å². The van der Waals surface area contributed by atoms with Crippen LogP contribution >= 0.6 is 0 Å². The van der Waals surface area contributed by atoms with Crippen LogP contribution in [-0.4, -0.2) is 46.7 Å². The van der Waals surface area contributed by atoms with Crippen LogP contribution in [0.2, 0.25) is 0 Å². The summed E-state index contributed by atoms with van der Waals surface area (Å²) in [5, 5.41) is 11.9. The lowest BCUT2D eigenvalue weighted by atomic mass is 10.0. The molecule has 8 nitrogen and oxygen atoms in total. The number of hydrogen-bond donors (Lipinski definition) is 0. The third-order valence-corrected chi connectivity index (χ3v) is 6.00. The van der Waals surface area contributed by atoms with Crippen LogP contribution in [0.4, 0.5) is 10.1 Å². The Labute approximate surface area is 167 Å². The van der Waals surface area contributed by atoms with Gasteiger partial charge < -0.3 is 0 Å². The molecular weight excluding hydrogens is 397 g/mol. The molecule has 0 spiro atoms. The van der Waals surface area contributed by atoms with Crippen LogP contribution in [0.1, 0.15) is 22.8 Å².